The van der Waals surface area contributed by atoms with E-state index in [-0.39, 0.29) is 5.82 Å². The summed E-state index contributed by atoms with van der Waals surface area (Å²) >= 11 is 0. The fourth-order valence-corrected chi connectivity index (χ4v) is 2.52. The van der Waals surface area contributed by atoms with E-state index >= 15 is 0 Å². The maximum atomic E-state index is 14.4. The number of hydrogen-bond donors (Lipinski definition) is 1. The Balaban J connectivity index is 2.40. The van der Waals surface area contributed by atoms with Gasteiger partial charge in [-0.2, -0.15) is 14.6 Å². The molecule has 102 valence electrons. The molecule has 0 spiro atoms. The van der Waals surface area contributed by atoms with Gasteiger partial charge in [0.05, 0.1) is 5.69 Å². The highest BCUT2D eigenvalue weighted by Gasteiger charge is 2.18. The predicted molar refractivity (Wildman–Crippen MR) is 74.8 cm³/mol. The predicted octanol–water partition coefficient (Wildman–Crippen LogP) is 2.44. The van der Waals surface area contributed by atoms with E-state index < -0.39 is 0 Å². The van der Waals surface area contributed by atoms with Crippen molar-refractivity contribution < 1.29 is 4.39 Å². The fourth-order valence-electron chi connectivity index (χ4n) is 2.52. The van der Waals surface area contributed by atoms with Crippen molar-refractivity contribution in [3.63, 3.8) is 0 Å². The van der Waals surface area contributed by atoms with Crippen LogP contribution in [0.5, 0.6) is 0 Å². The molecule has 6 heteroatoms. The summed E-state index contributed by atoms with van der Waals surface area (Å²) in [6, 6.07) is 3.41. The molecule has 0 saturated carbocycles. The second-order valence-electron chi connectivity index (χ2n) is 4.87. The number of fused-ring (bicyclic) bond motifs is 1. The number of anilines is 1. The average Bonchev–Trinajstić information content (AvgIpc) is 2.80. The molecule has 2 aromatic heterocycles. The van der Waals surface area contributed by atoms with Crippen LogP contribution in [0.3, 0.4) is 0 Å². The van der Waals surface area contributed by atoms with Gasteiger partial charge >= 0.3 is 0 Å². The Bertz CT molecular complexity index is 799. The molecule has 3 rings (SSSR count). The first kappa shape index (κ1) is 12.5. The number of nitrogen functional groups attached to an aromatic ring is 1. The first-order valence-corrected chi connectivity index (χ1v) is 6.22. The van der Waals surface area contributed by atoms with Crippen LogP contribution in [0, 0.1) is 26.6 Å². The lowest BCUT2D eigenvalue weighted by Crippen LogP contribution is -2.07. The quantitative estimate of drug-likeness (QED) is 0.738. The van der Waals surface area contributed by atoms with Crippen LogP contribution < -0.4 is 5.73 Å². The third-order valence-corrected chi connectivity index (χ3v) is 3.33. The van der Waals surface area contributed by atoms with Crippen LogP contribution in [-0.4, -0.2) is 19.6 Å². The minimum absolute atomic E-state index is 0.307. The van der Waals surface area contributed by atoms with E-state index in [1.54, 1.807) is 6.92 Å². The van der Waals surface area contributed by atoms with Gasteiger partial charge in [-0.3, -0.25) is 0 Å². The van der Waals surface area contributed by atoms with Crippen molar-refractivity contribution >= 4 is 11.6 Å². The standard InChI is InChI=1S/C14H14FN5/c1-7-4-8(2)11(10(15)5-7)12-9(3)19-14-17-6-18-20(14)13(12)16/h4-6H,16H2,1-3H3. The van der Waals surface area contributed by atoms with Crippen LogP contribution in [0.2, 0.25) is 0 Å². The molecule has 0 saturated heterocycles. The topological polar surface area (TPSA) is 69.1 Å². The van der Waals surface area contributed by atoms with E-state index in [2.05, 4.69) is 15.1 Å². The van der Waals surface area contributed by atoms with Gasteiger partial charge in [0, 0.05) is 11.1 Å². The summed E-state index contributed by atoms with van der Waals surface area (Å²) in [7, 11) is 0. The molecule has 0 radical (unpaired) electrons. The lowest BCUT2D eigenvalue weighted by Gasteiger charge is -2.14. The Hall–Kier alpha value is -2.50. The van der Waals surface area contributed by atoms with Gasteiger partial charge in [-0.05, 0) is 38.0 Å². The Kier molecular flexibility index (Phi) is 2.67. The average molecular weight is 271 g/mol. The van der Waals surface area contributed by atoms with E-state index in [0.29, 0.717) is 28.4 Å². The summed E-state index contributed by atoms with van der Waals surface area (Å²) in [6.45, 7) is 5.50. The zero-order chi connectivity index (χ0) is 14.4. The number of aromatic nitrogens is 4. The SMILES string of the molecule is Cc1cc(C)c(-c2c(C)nc3ncnn3c2N)c(F)c1. The molecular formula is C14H14FN5. The molecule has 0 unspecified atom stereocenters. The third-order valence-electron chi connectivity index (χ3n) is 3.33. The van der Waals surface area contributed by atoms with Crippen LogP contribution >= 0.6 is 0 Å². The minimum Gasteiger partial charge on any atom is -0.383 e. The number of halogens is 1. The lowest BCUT2D eigenvalue weighted by molar-refractivity contribution is 0.628. The first-order chi connectivity index (χ1) is 9.49. The minimum atomic E-state index is -0.307. The summed E-state index contributed by atoms with van der Waals surface area (Å²) in [5, 5.41) is 4.02. The number of aryl methyl sites for hydroxylation is 3. The monoisotopic (exact) mass is 271 g/mol. The van der Waals surface area contributed by atoms with Gasteiger partial charge < -0.3 is 5.73 Å². The van der Waals surface area contributed by atoms with E-state index in [0.717, 1.165) is 11.1 Å². The van der Waals surface area contributed by atoms with Crippen LogP contribution in [0.25, 0.3) is 16.9 Å². The van der Waals surface area contributed by atoms with Crippen molar-refractivity contribution in [2.24, 2.45) is 0 Å². The summed E-state index contributed by atoms with van der Waals surface area (Å²) in [6.07, 6.45) is 1.38. The molecule has 2 heterocycles. The van der Waals surface area contributed by atoms with E-state index in [4.69, 9.17) is 5.73 Å². The molecule has 0 aliphatic heterocycles. The Morgan fingerprint density at radius 1 is 1.15 bits per heavy atom. The van der Waals surface area contributed by atoms with Crippen LogP contribution in [-0.2, 0) is 0 Å². The zero-order valence-electron chi connectivity index (χ0n) is 11.5. The van der Waals surface area contributed by atoms with Crippen LogP contribution in [0.15, 0.2) is 18.5 Å². The summed E-state index contributed by atoms with van der Waals surface area (Å²) < 4.78 is 15.8. The molecule has 0 amide bonds. The van der Waals surface area contributed by atoms with Gasteiger partial charge in [-0.15, -0.1) is 0 Å². The molecule has 2 N–H and O–H groups in total. The number of nitrogens with zero attached hydrogens (tertiary/aromatic N) is 4. The number of nitrogens with two attached hydrogens (primary N) is 1. The van der Waals surface area contributed by atoms with Crippen molar-refractivity contribution in [3.05, 3.63) is 41.1 Å². The molecule has 20 heavy (non-hydrogen) atoms. The van der Waals surface area contributed by atoms with E-state index in [1.807, 2.05) is 19.9 Å². The molecule has 5 nitrogen and oxygen atoms in total. The number of hydrogen-bond acceptors (Lipinski definition) is 4. The number of rotatable bonds is 1. The summed E-state index contributed by atoms with van der Waals surface area (Å²) in [4.78, 5) is 8.32. The Morgan fingerprint density at radius 3 is 2.60 bits per heavy atom. The summed E-state index contributed by atoms with van der Waals surface area (Å²) in [5.41, 5.74) is 9.48. The largest absolute Gasteiger partial charge is 0.383 e. The molecule has 1 aromatic carbocycles. The molecule has 3 aromatic rings. The highest BCUT2D eigenvalue weighted by molar-refractivity contribution is 5.80. The van der Waals surface area contributed by atoms with Gasteiger partial charge in [0.1, 0.15) is 18.0 Å². The molecule has 0 aliphatic rings. The van der Waals surface area contributed by atoms with Crippen molar-refractivity contribution in [1.82, 2.24) is 19.6 Å². The molecule has 0 aliphatic carbocycles. The van der Waals surface area contributed by atoms with E-state index in [9.17, 15) is 4.39 Å². The van der Waals surface area contributed by atoms with Gasteiger partial charge in [-0.1, -0.05) is 6.07 Å². The second kappa shape index (κ2) is 4.26. The van der Waals surface area contributed by atoms with Crippen molar-refractivity contribution in [3.8, 4) is 11.1 Å². The summed E-state index contributed by atoms with van der Waals surface area (Å²) in [5.74, 6) is 0.448. The molecule has 0 fully saturated rings. The molecule has 0 bridgehead atoms. The van der Waals surface area contributed by atoms with Gasteiger partial charge in [0.15, 0.2) is 0 Å². The highest BCUT2D eigenvalue weighted by Crippen LogP contribution is 2.33. The van der Waals surface area contributed by atoms with Crippen LogP contribution in [0.1, 0.15) is 16.8 Å². The van der Waals surface area contributed by atoms with E-state index in [1.165, 1.54) is 16.9 Å². The van der Waals surface area contributed by atoms with Crippen molar-refractivity contribution in [2.75, 3.05) is 5.73 Å². The third kappa shape index (κ3) is 1.72. The Morgan fingerprint density at radius 2 is 1.90 bits per heavy atom. The van der Waals surface area contributed by atoms with Gasteiger partial charge in [-0.25, -0.2) is 9.37 Å². The fraction of sp³-hybridized carbons (Fsp3) is 0.214. The van der Waals surface area contributed by atoms with Crippen molar-refractivity contribution in [2.45, 2.75) is 20.8 Å². The Labute approximate surface area is 115 Å². The van der Waals surface area contributed by atoms with Gasteiger partial charge in [0.25, 0.3) is 5.78 Å². The maximum absolute atomic E-state index is 14.4. The van der Waals surface area contributed by atoms with Gasteiger partial charge in [0.2, 0.25) is 0 Å². The number of benzene rings is 1. The smallest absolute Gasteiger partial charge is 0.254 e. The maximum Gasteiger partial charge on any atom is 0.254 e. The lowest BCUT2D eigenvalue weighted by atomic mass is 9.97. The zero-order valence-corrected chi connectivity index (χ0v) is 11.5. The normalized spacial score (nSPS) is 11.2. The second-order valence-corrected chi connectivity index (χ2v) is 4.87. The van der Waals surface area contributed by atoms with Crippen molar-refractivity contribution in [1.29, 1.82) is 0 Å². The molecule has 0 atom stereocenters. The first-order valence-electron chi connectivity index (χ1n) is 6.22. The molecular weight excluding hydrogens is 257 g/mol. The highest BCUT2D eigenvalue weighted by atomic mass is 19.1. The van der Waals surface area contributed by atoms with Crippen LogP contribution in [0.4, 0.5) is 10.2 Å².